The first-order valence-corrected chi connectivity index (χ1v) is 4.86. The van der Waals surface area contributed by atoms with Crippen molar-refractivity contribution >= 4 is 12.0 Å². The van der Waals surface area contributed by atoms with Gasteiger partial charge in [0, 0.05) is 12.5 Å². The predicted octanol–water partition coefficient (Wildman–Crippen LogP) is 1.93. The van der Waals surface area contributed by atoms with Crippen LogP contribution in [0.4, 0.5) is 4.79 Å². The molecule has 0 spiro atoms. The molecule has 0 saturated carbocycles. The highest BCUT2D eigenvalue weighted by atomic mass is 16.6. The number of hydrogen-bond acceptors (Lipinski definition) is 3. The van der Waals surface area contributed by atoms with Gasteiger partial charge in [-0.2, -0.15) is 0 Å². The normalized spacial score (nSPS) is 22.7. The highest BCUT2D eigenvalue weighted by molar-refractivity contribution is 5.94. The van der Waals surface area contributed by atoms with E-state index in [0.29, 0.717) is 6.42 Å². The summed E-state index contributed by atoms with van der Waals surface area (Å²) in [5, 5.41) is 0. The van der Waals surface area contributed by atoms with Crippen molar-refractivity contribution in [2.24, 2.45) is 0 Å². The van der Waals surface area contributed by atoms with Gasteiger partial charge in [0.2, 0.25) is 5.91 Å². The van der Waals surface area contributed by atoms with Gasteiger partial charge in [-0.1, -0.05) is 0 Å². The molecule has 1 saturated heterocycles. The number of carbonyl (C=O) groups excluding carboxylic acids is 2. The third-order valence-corrected chi connectivity index (χ3v) is 2.08. The average Bonchev–Trinajstić information content (AvgIpc) is 2.27. The van der Waals surface area contributed by atoms with E-state index in [4.69, 9.17) is 4.74 Å². The van der Waals surface area contributed by atoms with Gasteiger partial charge in [-0.15, -0.1) is 0 Å². The van der Waals surface area contributed by atoms with Crippen molar-refractivity contribution in [1.29, 1.82) is 0 Å². The van der Waals surface area contributed by atoms with E-state index < -0.39 is 11.7 Å². The van der Waals surface area contributed by atoms with E-state index in [1.165, 1.54) is 4.90 Å². The van der Waals surface area contributed by atoms with Crippen LogP contribution in [0.2, 0.25) is 0 Å². The SMILES string of the molecule is CC1CCC(=O)N1C(=O)OC(C)(C)C. The van der Waals surface area contributed by atoms with Crippen molar-refractivity contribution in [2.75, 3.05) is 0 Å². The van der Waals surface area contributed by atoms with E-state index in [1.807, 2.05) is 6.92 Å². The van der Waals surface area contributed by atoms with Crippen LogP contribution in [-0.2, 0) is 9.53 Å². The monoisotopic (exact) mass is 199 g/mol. The standard InChI is InChI=1S/C10H17NO3/c1-7-5-6-8(12)11(7)9(13)14-10(2,3)4/h7H,5-6H2,1-4H3. The summed E-state index contributed by atoms with van der Waals surface area (Å²) in [6.07, 6.45) is 0.658. The Labute approximate surface area is 84.2 Å². The maximum absolute atomic E-state index is 11.6. The summed E-state index contributed by atoms with van der Waals surface area (Å²) in [6.45, 7) is 7.22. The lowest BCUT2D eigenvalue weighted by Gasteiger charge is -2.25. The van der Waals surface area contributed by atoms with Crippen LogP contribution < -0.4 is 0 Å². The van der Waals surface area contributed by atoms with Crippen LogP contribution >= 0.6 is 0 Å². The Kier molecular flexibility index (Phi) is 2.83. The Hall–Kier alpha value is -1.06. The van der Waals surface area contributed by atoms with Crippen molar-refractivity contribution in [3.05, 3.63) is 0 Å². The van der Waals surface area contributed by atoms with Gasteiger partial charge in [0.15, 0.2) is 0 Å². The second-order valence-corrected chi connectivity index (χ2v) is 4.63. The first-order chi connectivity index (χ1) is 6.31. The minimum atomic E-state index is -0.542. The molecule has 0 aromatic heterocycles. The van der Waals surface area contributed by atoms with Crippen LogP contribution in [0, 0.1) is 0 Å². The van der Waals surface area contributed by atoms with Gasteiger partial charge in [-0.05, 0) is 34.1 Å². The number of hydrogen-bond donors (Lipinski definition) is 0. The Morgan fingerprint density at radius 1 is 1.50 bits per heavy atom. The third kappa shape index (κ3) is 2.47. The molecule has 80 valence electrons. The Morgan fingerprint density at radius 2 is 2.07 bits per heavy atom. The largest absolute Gasteiger partial charge is 0.443 e. The van der Waals surface area contributed by atoms with Crippen LogP contribution in [0.1, 0.15) is 40.5 Å². The minimum Gasteiger partial charge on any atom is -0.443 e. The molecule has 0 aromatic rings. The smallest absolute Gasteiger partial charge is 0.417 e. The van der Waals surface area contributed by atoms with Crippen molar-refractivity contribution in [3.8, 4) is 0 Å². The van der Waals surface area contributed by atoms with Gasteiger partial charge in [0.1, 0.15) is 5.60 Å². The number of likely N-dealkylation sites (tertiary alicyclic amines) is 1. The Balaban J connectivity index is 2.65. The number of amides is 2. The summed E-state index contributed by atoms with van der Waals surface area (Å²) in [4.78, 5) is 24.1. The molecule has 4 nitrogen and oxygen atoms in total. The maximum Gasteiger partial charge on any atom is 0.417 e. The first kappa shape index (κ1) is 11.0. The van der Waals surface area contributed by atoms with Gasteiger partial charge >= 0.3 is 6.09 Å². The molecule has 0 radical (unpaired) electrons. The Morgan fingerprint density at radius 3 is 2.43 bits per heavy atom. The fourth-order valence-corrected chi connectivity index (χ4v) is 1.42. The van der Waals surface area contributed by atoms with Crippen LogP contribution in [-0.4, -0.2) is 28.5 Å². The molecule has 2 amide bonds. The fourth-order valence-electron chi connectivity index (χ4n) is 1.42. The average molecular weight is 199 g/mol. The fraction of sp³-hybridized carbons (Fsp3) is 0.800. The molecular formula is C10H17NO3. The van der Waals surface area contributed by atoms with E-state index in [9.17, 15) is 9.59 Å². The second-order valence-electron chi connectivity index (χ2n) is 4.63. The summed E-state index contributed by atoms with van der Waals surface area (Å²) in [5.74, 6) is -0.133. The zero-order valence-corrected chi connectivity index (χ0v) is 9.16. The van der Waals surface area contributed by atoms with Crippen molar-refractivity contribution < 1.29 is 14.3 Å². The van der Waals surface area contributed by atoms with Crippen molar-refractivity contribution in [3.63, 3.8) is 0 Å². The number of ether oxygens (including phenoxy) is 1. The number of rotatable bonds is 0. The molecule has 14 heavy (non-hydrogen) atoms. The number of imide groups is 1. The summed E-state index contributed by atoms with van der Waals surface area (Å²) in [7, 11) is 0. The van der Waals surface area contributed by atoms with Gasteiger partial charge in [-0.25, -0.2) is 9.69 Å². The van der Waals surface area contributed by atoms with E-state index >= 15 is 0 Å². The molecule has 0 aromatic carbocycles. The predicted molar refractivity (Wildman–Crippen MR) is 51.8 cm³/mol. The van der Waals surface area contributed by atoms with E-state index in [-0.39, 0.29) is 11.9 Å². The minimum absolute atomic E-state index is 0.0302. The first-order valence-electron chi connectivity index (χ1n) is 4.86. The van der Waals surface area contributed by atoms with Gasteiger partial charge < -0.3 is 4.74 Å². The van der Waals surface area contributed by atoms with Crippen molar-refractivity contribution in [2.45, 2.75) is 52.2 Å². The molecule has 1 heterocycles. The lowest BCUT2D eigenvalue weighted by atomic mass is 10.2. The lowest BCUT2D eigenvalue weighted by Crippen LogP contribution is -2.41. The van der Waals surface area contributed by atoms with Gasteiger partial charge in [0.25, 0.3) is 0 Å². The zero-order valence-electron chi connectivity index (χ0n) is 9.16. The lowest BCUT2D eigenvalue weighted by molar-refractivity contribution is -0.127. The van der Waals surface area contributed by atoms with Crippen LogP contribution in [0.25, 0.3) is 0 Å². The molecule has 1 fully saturated rings. The molecule has 0 bridgehead atoms. The van der Waals surface area contributed by atoms with Gasteiger partial charge in [0.05, 0.1) is 0 Å². The number of nitrogens with zero attached hydrogens (tertiary/aromatic N) is 1. The van der Waals surface area contributed by atoms with Gasteiger partial charge in [-0.3, -0.25) is 4.79 Å². The van der Waals surface area contributed by atoms with Crippen LogP contribution in [0.15, 0.2) is 0 Å². The third-order valence-electron chi connectivity index (χ3n) is 2.08. The zero-order chi connectivity index (χ0) is 10.9. The summed E-state index contributed by atoms with van der Waals surface area (Å²) in [6, 6.07) is -0.0302. The van der Waals surface area contributed by atoms with E-state index in [0.717, 1.165) is 6.42 Å². The molecule has 1 aliphatic rings. The highest BCUT2D eigenvalue weighted by Gasteiger charge is 2.35. The topological polar surface area (TPSA) is 46.6 Å². The van der Waals surface area contributed by atoms with E-state index in [2.05, 4.69) is 0 Å². The molecule has 4 heteroatoms. The summed E-state index contributed by atoms with van der Waals surface area (Å²) >= 11 is 0. The summed E-state index contributed by atoms with van der Waals surface area (Å²) < 4.78 is 5.13. The Bertz CT molecular complexity index is 255. The number of carbonyl (C=O) groups is 2. The maximum atomic E-state index is 11.6. The highest BCUT2D eigenvalue weighted by Crippen LogP contribution is 2.21. The molecule has 1 unspecified atom stereocenters. The van der Waals surface area contributed by atoms with Crippen LogP contribution in [0.3, 0.4) is 0 Å². The van der Waals surface area contributed by atoms with Crippen LogP contribution in [0.5, 0.6) is 0 Å². The molecule has 0 aliphatic carbocycles. The molecule has 1 aliphatic heterocycles. The van der Waals surface area contributed by atoms with Crippen molar-refractivity contribution in [1.82, 2.24) is 4.90 Å². The quantitative estimate of drug-likeness (QED) is 0.599. The molecular weight excluding hydrogens is 182 g/mol. The molecule has 0 N–H and O–H groups in total. The second kappa shape index (κ2) is 3.59. The van der Waals surface area contributed by atoms with E-state index in [1.54, 1.807) is 20.8 Å². The molecule has 1 atom stereocenters. The summed E-state index contributed by atoms with van der Waals surface area (Å²) in [5.41, 5.74) is -0.542. The molecule has 1 rings (SSSR count).